The van der Waals surface area contributed by atoms with Gasteiger partial charge in [0, 0.05) is 18.8 Å². The molecule has 2 rings (SSSR count). The van der Waals surface area contributed by atoms with E-state index in [-0.39, 0.29) is 12.5 Å². The predicted molar refractivity (Wildman–Crippen MR) is 73.3 cm³/mol. The topological polar surface area (TPSA) is 75.4 Å². The Morgan fingerprint density at radius 2 is 1.95 bits per heavy atom. The molecular formula is C14H21N3O3. The molecule has 1 fully saturated rings. The fraction of sp³-hybridized carbons (Fsp3) is 0.643. The molecule has 0 radical (unpaired) electrons. The molecule has 110 valence electrons. The van der Waals surface area contributed by atoms with Gasteiger partial charge in [0.2, 0.25) is 5.91 Å². The molecule has 1 N–H and O–H groups in total. The highest BCUT2D eigenvalue weighted by Crippen LogP contribution is 2.31. The number of hydrogen-bond acceptors (Lipinski definition) is 3. The quantitative estimate of drug-likeness (QED) is 0.902. The van der Waals surface area contributed by atoms with Crippen LogP contribution in [0.2, 0.25) is 0 Å². The molecule has 0 bridgehead atoms. The van der Waals surface area contributed by atoms with Gasteiger partial charge in [0.1, 0.15) is 6.54 Å². The summed E-state index contributed by atoms with van der Waals surface area (Å²) in [6, 6.07) is 1.94. The third kappa shape index (κ3) is 2.84. The first kappa shape index (κ1) is 14.6. The minimum Gasteiger partial charge on any atom is -0.481 e. The fourth-order valence-electron chi connectivity index (χ4n) is 2.53. The fourth-order valence-corrected chi connectivity index (χ4v) is 2.53. The van der Waals surface area contributed by atoms with E-state index in [0.717, 1.165) is 11.4 Å². The average molecular weight is 279 g/mol. The van der Waals surface area contributed by atoms with E-state index in [1.807, 2.05) is 19.9 Å². The molecule has 1 aromatic heterocycles. The minimum atomic E-state index is -0.775. The van der Waals surface area contributed by atoms with Gasteiger partial charge in [0.05, 0.1) is 11.1 Å². The molecular weight excluding hydrogens is 258 g/mol. The van der Waals surface area contributed by atoms with Gasteiger partial charge in [-0.1, -0.05) is 0 Å². The van der Waals surface area contributed by atoms with Crippen LogP contribution in [0.15, 0.2) is 6.07 Å². The Kier molecular flexibility index (Phi) is 3.83. The Morgan fingerprint density at radius 1 is 1.35 bits per heavy atom. The summed E-state index contributed by atoms with van der Waals surface area (Å²) < 4.78 is 1.70. The number of carboxylic acid groups (broad SMARTS) is 1. The Morgan fingerprint density at radius 3 is 2.40 bits per heavy atom. The molecule has 6 heteroatoms. The number of rotatable bonds is 3. The lowest BCUT2D eigenvalue weighted by Gasteiger charge is -2.36. The van der Waals surface area contributed by atoms with Crippen LogP contribution in [0.5, 0.6) is 0 Å². The summed E-state index contributed by atoms with van der Waals surface area (Å²) in [5.41, 5.74) is 1.16. The number of carbonyl (C=O) groups excluding carboxylic acids is 1. The first-order valence-electron chi connectivity index (χ1n) is 6.84. The van der Waals surface area contributed by atoms with E-state index in [2.05, 4.69) is 5.10 Å². The van der Waals surface area contributed by atoms with Gasteiger partial charge in [0.15, 0.2) is 0 Å². The van der Waals surface area contributed by atoms with Crippen LogP contribution in [0.4, 0.5) is 0 Å². The van der Waals surface area contributed by atoms with E-state index in [1.165, 1.54) is 0 Å². The number of amides is 1. The van der Waals surface area contributed by atoms with Crippen molar-refractivity contribution in [1.29, 1.82) is 0 Å². The number of aryl methyl sites for hydroxylation is 2. The number of carboxylic acids is 1. The average Bonchev–Trinajstić information content (AvgIpc) is 2.68. The van der Waals surface area contributed by atoms with Crippen molar-refractivity contribution in [3.05, 3.63) is 17.5 Å². The van der Waals surface area contributed by atoms with Crippen LogP contribution in [-0.4, -0.2) is 44.8 Å². The van der Waals surface area contributed by atoms with Gasteiger partial charge in [-0.15, -0.1) is 0 Å². The van der Waals surface area contributed by atoms with Gasteiger partial charge in [-0.2, -0.15) is 5.10 Å². The Balaban J connectivity index is 1.96. The van der Waals surface area contributed by atoms with E-state index >= 15 is 0 Å². The van der Waals surface area contributed by atoms with E-state index in [0.29, 0.717) is 25.9 Å². The number of piperidine rings is 1. The van der Waals surface area contributed by atoms with Gasteiger partial charge < -0.3 is 10.0 Å². The Hall–Kier alpha value is -1.85. The van der Waals surface area contributed by atoms with Crippen LogP contribution in [0.1, 0.15) is 31.2 Å². The molecule has 1 aliphatic heterocycles. The molecule has 2 heterocycles. The first-order chi connectivity index (χ1) is 9.32. The van der Waals surface area contributed by atoms with Crippen molar-refractivity contribution < 1.29 is 14.7 Å². The van der Waals surface area contributed by atoms with E-state index in [1.54, 1.807) is 16.5 Å². The van der Waals surface area contributed by atoms with Gasteiger partial charge in [0.25, 0.3) is 0 Å². The molecule has 0 unspecified atom stereocenters. The minimum absolute atomic E-state index is 0.00337. The van der Waals surface area contributed by atoms with Crippen molar-refractivity contribution in [2.24, 2.45) is 5.41 Å². The monoisotopic (exact) mass is 279 g/mol. The molecule has 1 aliphatic rings. The molecule has 0 aromatic carbocycles. The molecule has 1 aromatic rings. The van der Waals surface area contributed by atoms with Crippen LogP contribution >= 0.6 is 0 Å². The van der Waals surface area contributed by atoms with Crippen molar-refractivity contribution in [1.82, 2.24) is 14.7 Å². The van der Waals surface area contributed by atoms with Crippen LogP contribution in [0, 0.1) is 19.3 Å². The van der Waals surface area contributed by atoms with Crippen molar-refractivity contribution in [3.63, 3.8) is 0 Å². The molecule has 20 heavy (non-hydrogen) atoms. The van der Waals surface area contributed by atoms with Gasteiger partial charge >= 0.3 is 5.97 Å². The van der Waals surface area contributed by atoms with E-state index < -0.39 is 11.4 Å². The van der Waals surface area contributed by atoms with Crippen LogP contribution in [0.3, 0.4) is 0 Å². The summed E-state index contributed by atoms with van der Waals surface area (Å²) >= 11 is 0. The second kappa shape index (κ2) is 5.26. The maximum absolute atomic E-state index is 12.2. The van der Waals surface area contributed by atoms with Gasteiger partial charge in [-0.3, -0.25) is 14.3 Å². The molecule has 0 spiro atoms. The third-order valence-electron chi connectivity index (χ3n) is 4.12. The number of nitrogens with zero attached hydrogens (tertiary/aromatic N) is 3. The van der Waals surface area contributed by atoms with Gasteiger partial charge in [-0.05, 0) is 39.7 Å². The molecule has 0 saturated carbocycles. The highest BCUT2D eigenvalue weighted by molar-refractivity contribution is 5.78. The lowest BCUT2D eigenvalue weighted by Crippen LogP contribution is -2.46. The second-order valence-corrected chi connectivity index (χ2v) is 5.83. The van der Waals surface area contributed by atoms with Crippen molar-refractivity contribution in [3.8, 4) is 0 Å². The molecule has 6 nitrogen and oxygen atoms in total. The Labute approximate surface area is 118 Å². The van der Waals surface area contributed by atoms with Crippen molar-refractivity contribution >= 4 is 11.9 Å². The maximum atomic E-state index is 12.2. The predicted octanol–water partition coefficient (Wildman–Crippen LogP) is 1.21. The summed E-state index contributed by atoms with van der Waals surface area (Å²) in [6.07, 6.45) is 1.01. The third-order valence-corrected chi connectivity index (χ3v) is 4.12. The van der Waals surface area contributed by atoms with Crippen molar-refractivity contribution in [2.75, 3.05) is 13.1 Å². The number of aliphatic carboxylic acids is 1. The maximum Gasteiger partial charge on any atom is 0.309 e. The summed E-state index contributed by atoms with van der Waals surface area (Å²) in [5, 5.41) is 13.5. The lowest BCUT2D eigenvalue weighted by atomic mass is 9.80. The summed E-state index contributed by atoms with van der Waals surface area (Å²) in [4.78, 5) is 25.1. The normalized spacial score (nSPS) is 18.1. The molecule has 1 amide bonds. The number of carbonyl (C=O) groups is 2. The summed E-state index contributed by atoms with van der Waals surface area (Å²) in [5.74, 6) is -0.771. The lowest BCUT2D eigenvalue weighted by molar-refractivity contribution is -0.153. The number of hydrogen-bond donors (Lipinski definition) is 1. The smallest absolute Gasteiger partial charge is 0.309 e. The van der Waals surface area contributed by atoms with Crippen LogP contribution < -0.4 is 0 Å². The SMILES string of the molecule is Cc1cc(C)n(CC(=O)N2CCC(C)(C(=O)O)CC2)n1. The highest BCUT2D eigenvalue weighted by atomic mass is 16.4. The van der Waals surface area contributed by atoms with Gasteiger partial charge in [-0.25, -0.2) is 0 Å². The Bertz CT molecular complexity index is 528. The molecule has 0 atom stereocenters. The zero-order valence-electron chi connectivity index (χ0n) is 12.2. The highest BCUT2D eigenvalue weighted by Gasteiger charge is 2.37. The molecule has 0 aliphatic carbocycles. The zero-order chi connectivity index (χ0) is 14.9. The summed E-state index contributed by atoms with van der Waals surface area (Å²) in [7, 11) is 0. The number of likely N-dealkylation sites (tertiary alicyclic amines) is 1. The van der Waals surface area contributed by atoms with E-state index in [4.69, 9.17) is 0 Å². The zero-order valence-corrected chi connectivity index (χ0v) is 12.2. The second-order valence-electron chi connectivity index (χ2n) is 5.83. The van der Waals surface area contributed by atoms with Crippen LogP contribution in [0.25, 0.3) is 0 Å². The first-order valence-corrected chi connectivity index (χ1v) is 6.84. The standard InChI is InChI=1S/C14H21N3O3/c1-10-8-11(2)17(15-10)9-12(18)16-6-4-14(3,5-7-16)13(19)20/h8H,4-7,9H2,1-3H3,(H,19,20). The van der Waals surface area contributed by atoms with E-state index in [9.17, 15) is 14.7 Å². The largest absolute Gasteiger partial charge is 0.481 e. The number of aromatic nitrogens is 2. The van der Waals surface area contributed by atoms with Crippen LogP contribution in [-0.2, 0) is 16.1 Å². The summed E-state index contributed by atoms with van der Waals surface area (Å²) in [6.45, 7) is 6.79. The van der Waals surface area contributed by atoms with Crippen molar-refractivity contribution in [2.45, 2.75) is 40.2 Å². The molecule has 1 saturated heterocycles.